The van der Waals surface area contributed by atoms with E-state index in [0.717, 1.165) is 0 Å². The molecule has 0 amide bonds. The van der Waals surface area contributed by atoms with Crippen LogP contribution in [-0.4, -0.2) is 21.5 Å². The molecule has 0 aliphatic carbocycles. The SMILES string of the molecule is COC(=O)c1cc(Br)ccc1NS(=O)(=O)c1ccccc1Cl. The van der Waals surface area contributed by atoms with Crippen LogP contribution < -0.4 is 4.72 Å². The Morgan fingerprint density at radius 3 is 2.55 bits per heavy atom. The van der Waals surface area contributed by atoms with E-state index in [9.17, 15) is 13.2 Å². The third-order valence-corrected chi connectivity index (χ3v) is 5.12. The molecular formula is C14H11BrClNO4S. The number of sulfonamides is 1. The second-order valence-corrected chi connectivity index (χ2v) is 7.19. The first kappa shape index (κ1) is 16.8. The van der Waals surface area contributed by atoms with Crippen molar-refractivity contribution in [2.75, 3.05) is 11.8 Å². The average Bonchev–Trinajstić information content (AvgIpc) is 2.48. The predicted octanol–water partition coefficient (Wildman–Crippen LogP) is 3.69. The molecule has 8 heteroatoms. The van der Waals surface area contributed by atoms with Gasteiger partial charge < -0.3 is 4.74 Å². The van der Waals surface area contributed by atoms with E-state index >= 15 is 0 Å². The van der Waals surface area contributed by atoms with Crippen LogP contribution in [0.5, 0.6) is 0 Å². The molecule has 0 aromatic heterocycles. The van der Waals surface area contributed by atoms with E-state index in [2.05, 4.69) is 25.4 Å². The summed E-state index contributed by atoms with van der Waals surface area (Å²) in [5, 5.41) is 0.0896. The molecule has 2 aromatic carbocycles. The van der Waals surface area contributed by atoms with Crippen LogP contribution in [0.3, 0.4) is 0 Å². The maximum atomic E-state index is 12.4. The quantitative estimate of drug-likeness (QED) is 0.789. The van der Waals surface area contributed by atoms with Gasteiger partial charge in [0.05, 0.1) is 23.4 Å². The lowest BCUT2D eigenvalue weighted by Gasteiger charge is -2.12. The Kier molecular flexibility index (Phi) is 5.10. The number of methoxy groups -OCH3 is 1. The highest BCUT2D eigenvalue weighted by atomic mass is 79.9. The topological polar surface area (TPSA) is 72.5 Å². The lowest BCUT2D eigenvalue weighted by Crippen LogP contribution is -2.16. The summed E-state index contributed by atoms with van der Waals surface area (Å²) in [6, 6.07) is 10.6. The Balaban J connectivity index is 2.47. The molecule has 5 nitrogen and oxygen atoms in total. The van der Waals surface area contributed by atoms with Crippen LogP contribution in [0.15, 0.2) is 51.8 Å². The number of carbonyl (C=O) groups excluding carboxylic acids is 1. The zero-order valence-electron chi connectivity index (χ0n) is 11.3. The van der Waals surface area contributed by atoms with Crippen molar-refractivity contribution in [3.8, 4) is 0 Å². The van der Waals surface area contributed by atoms with Gasteiger partial charge in [-0.15, -0.1) is 0 Å². The summed E-state index contributed by atoms with van der Waals surface area (Å²) in [4.78, 5) is 11.7. The van der Waals surface area contributed by atoms with Gasteiger partial charge in [-0.1, -0.05) is 39.7 Å². The number of hydrogen-bond acceptors (Lipinski definition) is 4. The minimum atomic E-state index is -3.93. The van der Waals surface area contributed by atoms with Crippen LogP contribution in [0, 0.1) is 0 Å². The van der Waals surface area contributed by atoms with E-state index in [1.165, 1.54) is 31.4 Å². The molecule has 116 valence electrons. The predicted molar refractivity (Wildman–Crippen MR) is 87.7 cm³/mol. The van der Waals surface area contributed by atoms with Crippen molar-refractivity contribution in [2.45, 2.75) is 4.90 Å². The Hall–Kier alpha value is -1.57. The van der Waals surface area contributed by atoms with Crippen molar-refractivity contribution in [3.63, 3.8) is 0 Å². The summed E-state index contributed by atoms with van der Waals surface area (Å²) in [5.41, 5.74) is 0.197. The van der Waals surface area contributed by atoms with Gasteiger partial charge in [0, 0.05) is 4.47 Å². The van der Waals surface area contributed by atoms with Gasteiger partial charge in [-0.2, -0.15) is 0 Å². The molecule has 0 saturated heterocycles. The van der Waals surface area contributed by atoms with E-state index in [0.29, 0.717) is 4.47 Å². The Bertz CT molecular complexity index is 823. The van der Waals surface area contributed by atoms with E-state index in [-0.39, 0.29) is 21.2 Å². The van der Waals surface area contributed by atoms with Crippen LogP contribution in [-0.2, 0) is 14.8 Å². The molecule has 0 heterocycles. The molecular weight excluding hydrogens is 394 g/mol. The van der Waals surface area contributed by atoms with Crippen LogP contribution in [0.2, 0.25) is 5.02 Å². The van der Waals surface area contributed by atoms with E-state index < -0.39 is 16.0 Å². The third-order valence-electron chi connectivity index (χ3n) is 2.76. The summed E-state index contributed by atoms with van der Waals surface area (Å²) >= 11 is 9.14. The molecule has 0 unspecified atom stereocenters. The van der Waals surface area contributed by atoms with Crippen molar-refractivity contribution >= 4 is 49.2 Å². The van der Waals surface area contributed by atoms with Gasteiger partial charge in [-0.05, 0) is 30.3 Å². The zero-order chi connectivity index (χ0) is 16.3. The number of esters is 1. The van der Waals surface area contributed by atoms with Crippen molar-refractivity contribution in [2.24, 2.45) is 0 Å². The highest BCUT2D eigenvalue weighted by molar-refractivity contribution is 9.10. The first-order chi connectivity index (χ1) is 10.3. The molecule has 0 saturated carbocycles. The Labute approximate surface area is 141 Å². The largest absolute Gasteiger partial charge is 0.465 e. The minimum absolute atomic E-state index is 0.0737. The molecule has 22 heavy (non-hydrogen) atoms. The van der Waals surface area contributed by atoms with Gasteiger partial charge in [0.1, 0.15) is 4.90 Å². The molecule has 2 rings (SSSR count). The van der Waals surface area contributed by atoms with Crippen LogP contribution >= 0.6 is 27.5 Å². The standard InChI is InChI=1S/C14H11BrClNO4S/c1-21-14(18)10-8-9(15)6-7-12(10)17-22(19,20)13-5-3-2-4-11(13)16/h2-8,17H,1H3. The zero-order valence-corrected chi connectivity index (χ0v) is 14.5. The Morgan fingerprint density at radius 1 is 1.23 bits per heavy atom. The van der Waals surface area contributed by atoms with Gasteiger partial charge in [-0.3, -0.25) is 4.72 Å². The number of carbonyl (C=O) groups is 1. The molecule has 2 aromatic rings. The van der Waals surface area contributed by atoms with Crippen molar-refractivity contribution < 1.29 is 17.9 Å². The minimum Gasteiger partial charge on any atom is -0.465 e. The van der Waals surface area contributed by atoms with E-state index in [1.807, 2.05) is 0 Å². The summed E-state index contributed by atoms with van der Waals surface area (Å²) in [5.74, 6) is -0.654. The lowest BCUT2D eigenvalue weighted by molar-refractivity contribution is 0.0602. The molecule has 0 radical (unpaired) electrons. The van der Waals surface area contributed by atoms with Crippen molar-refractivity contribution in [3.05, 3.63) is 57.5 Å². The fourth-order valence-electron chi connectivity index (χ4n) is 1.75. The summed E-state index contributed by atoms with van der Waals surface area (Å²) in [7, 11) is -2.71. The fraction of sp³-hybridized carbons (Fsp3) is 0.0714. The molecule has 0 bridgehead atoms. The third kappa shape index (κ3) is 3.60. The molecule has 0 atom stereocenters. The smallest absolute Gasteiger partial charge is 0.340 e. The summed E-state index contributed by atoms with van der Waals surface area (Å²) in [6.45, 7) is 0. The number of nitrogens with one attached hydrogen (secondary N) is 1. The van der Waals surface area contributed by atoms with Gasteiger partial charge in [0.2, 0.25) is 0 Å². The second kappa shape index (κ2) is 6.68. The van der Waals surface area contributed by atoms with Crippen molar-refractivity contribution in [1.29, 1.82) is 0 Å². The summed E-state index contributed by atoms with van der Waals surface area (Å²) < 4.78 is 32.4. The second-order valence-electron chi connectivity index (χ2n) is 4.22. The molecule has 0 aliphatic rings. The first-order valence-electron chi connectivity index (χ1n) is 6.00. The fourth-order valence-corrected chi connectivity index (χ4v) is 3.71. The Morgan fingerprint density at radius 2 is 1.91 bits per heavy atom. The molecule has 1 N–H and O–H groups in total. The molecule has 0 spiro atoms. The monoisotopic (exact) mass is 403 g/mol. The first-order valence-corrected chi connectivity index (χ1v) is 8.66. The molecule has 0 fully saturated rings. The van der Waals surface area contributed by atoms with Gasteiger partial charge in [0.15, 0.2) is 0 Å². The normalized spacial score (nSPS) is 11.0. The number of rotatable bonds is 4. The van der Waals surface area contributed by atoms with Crippen LogP contribution in [0.4, 0.5) is 5.69 Å². The van der Waals surface area contributed by atoms with E-state index in [4.69, 9.17) is 11.6 Å². The number of anilines is 1. The van der Waals surface area contributed by atoms with Gasteiger partial charge in [0.25, 0.3) is 10.0 Å². The maximum absolute atomic E-state index is 12.4. The number of halogens is 2. The summed E-state index contributed by atoms with van der Waals surface area (Å²) in [6.07, 6.45) is 0. The maximum Gasteiger partial charge on any atom is 0.340 e. The number of ether oxygens (including phenoxy) is 1. The highest BCUT2D eigenvalue weighted by Gasteiger charge is 2.21. The van der Waals surface area contributed by atoms with E-state index in [1.54, 1.807) is 18.2 Å². The lowest BCUT2D eigenvalue weighted by atomic mass is 10.2. The molecule has 0 aliphatic heterocycles. The van der Waals surface area contributed by atoms with Crippen LogP contribution in [0.25, 0.3) is 0 Å². The van der Waals surface area contributed by atoms with Crippen molar-refractivity contribution in [1.82, 2.24) is 0 Å². The number of hydrogen-bond donors (Lipinski definition) is 1. The number of benzene rings is 2. The highest BCUT2D eigenvalue weighted by Crippen LogP contribution is 2.27. The van der Waals surface area contributed by atoms with Gasteiger partial charge >= 0.3 is 5.97 Å². The average molecular weight is 405 g/mol. The van der Waals surface area contributed by atoms with Gasteiger partial charge in [-0.25, -0.2) is 13.2 Å². The van der Waals surface area contributed by atoms with Crippen LogP contribution in [0.1, 0.15) is 10.4 Å².